The smallest absolute Gasteiger partial charge is 0.264 e. The van der Waals surface area contributed by atoms with E-state index in [1.165, 1.54) is 0 Å². The Morgan fingerprint density at radius 3 is 2.55 bits per heavy atom. The number of para-hydroxylation sites is 1. The molecule has 2 aromatic rings. The normalized spacial score (nSPS) is 11.5. The van der Waals surface area contributed by atoms with E-state index in [2.05, 4.69) is 10.6 Å². The fourth-order valence-electron chi connectivity index (χ4n) is 2.70. The highest BCUT2D eigenvalue weighted by Crippen LogP contribution is 2.27. The van der Waals surface area contributed by atoms with Crippen molar-refractivity contribution in [3.05, 3.63) is 41.1 Å². The van der Waals surface area contributed by atoms with Crippen LogP contribution in [0.15, 0.2) is 29.8 Å². The number of benzene rings is 1. The molecule has 0 fully saturated rings. The van der Waals surface area contributed by atoms with Crippen LogP contribution in [0.1, 0.15) is 25.1 Å². The molecule has 114 valence electrons. The molecule has 1 heterocycles. The second kappa shape index (κ2) is 6.48. The molecule has 22 heavy (non-hydrogen) atoms. The Bertz CT molecular complexity index is 773. The number of aromatic nitrogens is 1. The van der Waals surface area contributed by atoms with Gasteiger partial charge in [0.1, 0.15) is 11.6 Å². The van der Waals surface area contributed by atoms with Gasteiger partial charge >= 0.3 is 0 Å². The van der Waals surface area contributed by atoms with Gasteiger partial charge in [-0.25, -0.2) is 0 Å². The molecule has 4 heteroatoms. The van der Waals surface area contributed by atoms with E-state index in [9.17, 15) is 10.1 Å². The summed E-state index contributed by atoms with van der Waals surface area (Å²) in [7, 11) is 1.99. The Hall–Kier alpha value is -2.54. The fourth-order valence-corrected chi connectivity index (χ4v) is 2.70. The lowest BCUT2D eigenvalue weighted by Crippen LogP contribution is -2.31. The van der Waals surface area contributed by atoms with Crippen LogP contribution in [0.25, 0.3) is 17.0 Å². The number of aryl methyl sites for hydroxylation is 1. The van der Waals surface area contributed by atoms with E-state index in [0.29, 0.717) is 13.1 Å². The molecular weight excluding hydrogens is 274 g/mol. The molecule has 0 atom stereocenters. The molecular formula is C18H21N3O. The first-order valence-electron chi connectivity index (χ1n) is 7.50. The lowest BCUT2D eigenvalue weighted by atomic mass is 10.1. The highest BCUT2D eigenvalue weighted by atomic mass is 16.2. The van der Waals surface area contributed by atoms with Gasteiger partial charge in [-0.05, 0) is 32.9 Å². The minimum atomic E-state index is -0.208. The van der Waals surface area contributed by atoms with E-state index >= 15 is 0 Å². The molecule has 0 N–H and O–H groups in total. The number of rotatable bonds is 4. The molecule has 0 saturated carbocycles. The van der Waals surface area contributed by atoms with E-state index in [1.807, 2.05) is 52.1 Å². The number of hydrogen-bond acceptors (Lipinski definition) is 2. The van der Waals surface area contributed by atoms with Gasteiger partial charge in [-0.3, -0.25) is 4.79 Å². The number of amides is 1. The average Bonchev–Trinajstić information content (AvgIpc) is 2.78. The maximum atomic E-state index is 12.4. The van der Waals surface area contributed by atoms with Gasteiger partial charge in [0.25, 0.3) is 5.91 Å². The third kappa shape index (κ3) is 2.62. The molecule has 0 aliphatic carbocycles. The third-order valence-corrected chi connectivity index (χ3v) is 4.14. The van der Waals surface area contributed by atoms with Crippen LogP contribution in [0.2, 0.25) is 0 Å². The zero-order valence-electron chi connectivity index (χ0n) is 13.6. The summed E-state index contributed by atoms with van der Waals surface area (Å²) in [4.78, 5) is 14.1. The molecule has 1 amide bonds. The summed E-state index contributed by atoms with van der Waals surface area (Å²) in [5, 5.41) is 10.5. The Labute approximate surface area is 131 Å². The Kier molecular flexibility index (Phi) is 4.67. The lowest BCUT2D eigenvalue weighted by molar-refractivity contribution is -0.126. The second-order valence-corrected chi connectivity index (χ2v) is 5.22. The number of fused-ring (bicyclic) bond motifs is 1. The largest absolute Gasteiger partial charge is 0.347 e. The van der Waals surface area contributed by atoms with Gasteiger partial charge in [-0.2, -0.15) is 5.26 Å². The van der Waals surface area contributed by atoms with Crippen LogP contribution in [0, 0.1) is 18.3 Å². The number of hydrogen-bond donors (Lipinski definition) is 0. The molecule has 0 bridgehead atoms. The minimum Gasteiger partial charge on any atom is -0.347 e. The number of carbonyl (C=O) groups is 1. The van der Waals surface area contributed by atoms with Gasteiger partial charge in [0.05, 0.1) is 0 Å². The van der Waals surface area contributed by atoms with Gasteiger partial charge in [0, 0.05) is 42.3 Å². The summed E-state index contributed by atoms with van der Waals surface area (Å²) >= 11 is 0. The topological polar surface area (TPSA) is 49.0 Å². The van der Waals surface area contributed by atoms with Crippen molar-refractivity contribution >= 4 is 22.9 Å². The predicted octanol–water partition coefficient (Wildman–Crippen LogP) is 3.26. The van der Waals surface area contributed by atoms with Crippen LogP contribution in [-0.2, 0) is 11.8 Å². The van der Waals surface area contributed by atoms with E-state index in [0.717, 1.165) is 22.2 Å². The van der Waals surface area contributed by atoms with Crippen molar-refractivity contribution in [3.8, 4) is 6.07 Å². The van der Waals surface area contributed by atoms with Gasteiger partial charge < -0.3 is 9.47 Å². The summed E-state index contributed by atoms with van der Waals surface area (Å²) in [5.74, 6) is -0.208. The first kappa shape index (κ1) is 15.8. The molecule has 0 unspecified atom stereocenters. The molecule has 1 aromatic heterocycles. The minimum absolute atomic E-state index is 0.183. The number of nitriles is 1. The van der Waals surface area contributed by atoms with Crippen molar-refractivity contribution < 1.29 is 4.79 Å². The summed E-state index contributed by atoms with van der Waals surface area (Å²) in [5.41, 5.74) is 3.26. The van der Waals surface area contributed by atoms with Crippen LogP contribution in [-0.4, -0.2) is 28.5 Å². The van der Waals surface area contributed by atoms with Crippen LogP contribution in [0.3, 0.4) is 0 Å². The first-order valence-corrected chi connectivity index (χ1v) is 7.50. The van der Waals surface area contributed by atoms with Gasteiger partial charge in [0.2, 0.25) is 0 Å². The molecule has 2 rings (SSSR count). The van der Waals surface area contributed by atoms with Crippen molar-refractivity contribution in [3.63, 3.8) is 0 Å². The van der Waals surface area contributed by atoms with E-state index < -0.39 is 0 Å². The van der Waals surface area contributed by atoms with Crippen molar-refractivity contribution in [1.82, 2.24) is 9.47 Å². The Morgan fingerprint density at radius 1 is 1.32 bits per heavy atom. The summed E-state index contributed by atoms with van der Waals surface area (Å²) in [6, 6.07) is 10.1. The Balaban J connectivity index is 2.58. The predicted molar refractivity (Wildman–Crippen MR) is 89.2 cm³/mol. The van der Waals surface area contributed by atoms with Crippen LogP contribution >= 0.6 is 0 Å². The maximum absolute atomic E-state index is 12.4. The van der Waals surface area contributed by atoms with Crippen LogP contribution < -0.4 is 0 Å². The maximum Gasteiger partial charge on any atom is 0.264 e. The van der Waals surface area contributed by atoms with Crippen molar-refractivity contribution in [2.24, 2.45) is 7.05 Å². The highest BCUT2D eigenvalue weighted by molar-refractivity contribution is 6.04. The first-order chi connectivity index (χ1) is 10.5. The van der Waals surface area contributed by atoms with Crippen LogP contribution in [0.4, 0.5) is 0 Å². The average molecular weight is 295 g/mol. The quantitative estimate of drug-likeness (QED) is 0.642. The number of carbonyl (C=O) groups excluding carboxylic acids is 1. The second-order valence-electron chi connectivity index (χ2n) is 5.22. The monoisotopic (exact) mass is 295 g/mol. The van der Waals surface area contributed by atoms with Crippen molar-refractivity contribution in [2.75, 3.05) is 13.1 Å². The molecule has 0 aliphatic heterocycles. The molecule has 0 aliphatic rings. The van der Waals surface area contributed by atoms with Crippen molar-refractivity contribution in [2.45, 2.75) is 20.8 Å². The van der Waals surface area contributed by atoms with E-state index in [1.54, 1.807) is 11.0 Å². The molecule has 0 spiro atoms. The molecule has 0 radical (unpaired) electrons. The standard InChI is InChI=1S/C18H21N3O/c1-5-21(6-2)18(22)14(12-19)11-16-13(3)20(4)17-10-8-7-9-15(16)17/h7-11H,5-6H2,1-4H3. The van der Waals surface area contributed by atoms with Crippen LogP contribution in [0.5, 0.6) is 0 Å². The fraction of sp³-hybridized carbons (Fsp3) is 0.333. The third-order valence-electron chi connectivity index (χ3n) is 4.14. The summed E-state index contributed by atoms with van der Waals surface area (Å²) < 4.78 is 2.08. The van der Waals surface area contributed by atoms with Crippen molar-refractivity contribution in [1.29, 1.82) is 5.26 Å². The van der Waals surface area contributed by atoms with Gasteiger partial charge in [-0.1, -0.05) is 18.2 Å². The number of likely N-dealkylation sites (N-methyl/N-ethyl adjacent to an activating group) is 1. The highest BCUT2D eigenvalue weighted by Gasteiger charge is 2.17. The SMILES string of the molecule is CCN(CC)C(=O)C(C#N)=Cc1c(C)n(C)c2ccccc12. The van der Waals surface area contributed by atoms with Gasteiger partial charge in [0.15, 0.2) is 0 Å². The molecule has 0 saturated heterocycles. The lowest BCUT2D eigenvalue weighted by Gasteiger charge is -2.17. The van der Waals surface area contributed by atoms with Gasteiger partial charge in [-0.15, -0.1) is 0 Å². The summed E-state index contributed by atoms with van der Waals surface area (Å²) in [6.45, 7) is 7.04. The van der Waals surface area contributed by atoms with E-state index in [-0.39, 0.29) is 11.5 Å². The molecule has 4 nitrogen and oxygen atoms in total. The van der Waals surface area contributed by atoms with E-state index in [4.69, 9.17) is 0 Å². The summed E-state index contributed by atoms with van der Waals surface area (Å²) in [6.07, 6.45) is 1.72. The zero-order chi connectivity index (χ0) is 16.3. The number of nitrogens with zero attached hydrogens (tertiary/aromatic N) is 3. The zero-order valence-corrected chi connectivity index (χ0v) is 13.6. The molecule has 1 aromatic carbocycles. The Morgan fingerprint density at radius 2 is 1.95 bits per heavy atom.